The van der Waals surface area contributed by atoms with E-state index in [0.717, 1.165) is 25.9 Å². The lowest BCUT2D eigenvalue weighted by Gasteiger charge is -2.22. The highest BCUT2D eigenvalue weighted by atomic mass is 35.5. The summed E-state index contributed by atoms with van der Waals surface area (Å²) in [5.74, 6) is 0.116. The van der Waals surface area contributed by atoms with Crippen LogP contribution < -0.4 is 10.6 Å². The Morgan fingerprint density at radius 3 is 2.94 bits per heavy atom. The lowest BCUT2D eigenvalue weighted by molar-refractivity contribution is -0.120. The standard InChI is InChI=1S/C12H15ClN2O/c13-10-5-1-2-6-11(10)15-12(16)9-4-3-7-14-8-9/h1-2,5-6,9,14H,3-4,7-8H2,(H,15,16)/t9-/m0/s1. The van der Waals surface area contributed by atoms with Gasteiger partial charge in [0.15, 0.2) is 0 Å². The molecule has 1 amide bonds. The van der Waals surface area contributed by atoms with Gasteiger partial charge in [-0.3, -0.25) is 4.79 Å². The van der Waals surface area contributed by atoms with Crippen molar-refractivity contribution < 1.29 is 4.79 Å². The van der Waals surface area contributed by atoms with Crippen molar-refractivity contribution in [1.29, 1.82) is 0 Å². The molecule has 1 saturated heterocycles. The largest absolute Gasteiger partial charge is 0.324 e. The predicted molar refractivity (Wildman–Crippen MR) is 65.7 cm³/mol. The van der Waals surface area contributed by atoms with Gasteiger partial charge in [0.1, 0.15) is 0 Å². The second kappa shape index (κ2) is 5.32. The summed E-state index contributed by atoms with van der Waals surface area (Å²) in [7, 11) is 0. The third-order valence-corrected chi connectivity index (χ3v) is 3.13. The molecule has 0 unspecified atom stereocenters. The molecule has 3 nitrogen and oxygen atoms in total. The topological polar surface area (TPSA) is 41.1 Å². The lowest BCUT2D eigenvalue weighted by atomic mass is 9.99. The number of carbonyl (C=O) groups is 1. The van der Waals surface area contributed by atoms with E-state index in [1.807, 2.05) is 18.2 Å². The summed E-state index contributed by atoms with van der Waals surface area (Å²) < 4.78 is 0. The molecule has 1 atom stereocenters. The van der Waals surface area contributed by atoms with Gasteiger partial charge in [-0.25, -0.2) is 0 Å². The van der Waals surface area contributed by atoms with Gasteiger partial charge < -0.3 is 10.6 Å². The predicted octanol–water partition coefficient (Wildman–Crippen LogP) is 2.28. The van der Waals surface area contributed by atoms with E-state index >= 15 is 0 Å². The molecular formula is C12H15ClN2O. The van der Waals surface area contributed by atoms with Gasteiger partial charge in [-0.05, 0) is 31.5 Å². The summed E-state index contributed by atoms with van der Waals surface area (Å²) in [5.41, 5.74) is 0.694. The number of anilines is 1. The fourth-order valence-corrected chi connectivity index (χ4v) is 2.06. The van der Waals surface area contributed by atoms with Crippen LogP contribution in [0.1, 0.15) is 12.8 Å². The van der Waals surface area contributed by atoms with Crippen LogP contribution in [0.3, 0.4) is 0 Å². The second-order valence-corrected chi connectivity index (χ2v) is 4.42. The molecule has 16 heavy (non-hydrogen) atoms. The molecule has 2 N–H and O–H groups in total. The number of benzene rings is 1. The number of rotatable bonds is 2. The number of piperidine rings is 1. The fourth-order valence-electron chi connectivity index (χ4n) is 1.87. The quantitative estimate of drug-likeness (QED) is 0.830. The van der Waals surface area contributed by atoms with Crippen LogP contribution in [-0.4, -0.2) is 19.0 Å². The smallest absolute Gasteiger partial charge is 0.228 e. The molecule has 4 heteroatoms. The van der Waals surface area contributed by atoms with E-state index in [-0.39, 0.29) is 11.8 Å². The monoisotopic (exact) mass is 238 g/mol. The molecule has 1 fully saturated rings. The number of hydrogen-bond donors (Lipinski definition) is 2. The zero-order chi connectivity index (χ0) is 11.4. The van der Waals surface area contributed by atoms with Crippen LogP contribution in [-0.2, 0) is 4.79 Å². The Hall–Kier alpha value is -1.06. The van der Waals surface area contributed by atoms with Crippen molar-refractivity contribution in [3.8, 4) is 0 Å². The maximum absolute atomic E-state index is 11.9. The summed E-state index contributed by atoms with van der Waals surface area (Å²) in [4.78, 5) is 11.9. The van der Waals surface area contributed by atoms with E-state index in [1.54, 1.807) is 6.07 Å². The molecule has 1 aliphatic heterocycles. The highest BCUT2D eigenvalue weighted by Gasteiger charge is 2.21. The van der Waals surface area contributed by atoms with E-state index in [1.165, 1.54) is 0 Å². The van der Waals surface area contributed by atoms with Crippen LogP contribution in [0.4, 0.5) is 5.69 Å². The van der Waals surface area contributed by atoms with Crippen LogP contribution in [0, 0.1) is 5.92 Å². The van der Waals surface area contributed by atoms with Crippen LogP contribution in [0.25, 0.3) is 0 Å². The van der Waals surface area contributed by atoms with Crippen molar-refractivity contribution in [2.75, 3.05) is 18.4 Å². The summed E-state index contributed by atoms with van der Waals surface area (Å²) in [5, 5.41) is 6.67. The first-order valence-electron chi connectivity index (χ1n) is 5.53. The molecule has 1 heterocycles. The minimum atomic E-state index is 0.0558. The van der Waals surface area contributed by atoms with Crippen LogP contribution in [0.2, 0.25) is 5.02 Å². The molecular weight excluding hydrogens is 224 g/mol. The van der Waals surface area contributed by atoms with Crippen molar-refractivity contribution in [2.45, 2.75) is 12.8 Å². The van der Waals surface area contributed by atoms with E-state index in [9.17, 15) is 4.79 Å². The molecule has 0 spiro atoms. The van der Waals surface area contributed by atoms with Crippen LogP contribution >= 0.6 is 11.6 Å². The molecule has 0 radical (unpaired) electrons. The van der Waals surface area contributed by atoms with Crippen molar-refractivity contribution in [2.24, 2.45) is 5.92 Å². The van der Waals surface area contributed by atoms with Crippen molar-refractivity contribution in [1.82, 2.24) is 5.32 Å². The Bertz CT molecular complexity index is 375. The number of amides is 1. The van der Waals surface area contributed by atoms with Gasteiger partial charge in [0.2, 0.25) is 5.91 Å². The number of halogens is 1. The van der Waals surface area contributed by atoms with E-state index in [2.05, 4.69) is 10.6 Å². The summed E-state index contributed by atoms with van der Waals surface area (Å²) in [6.07, 6.45) is 2.00. The Morgan fingerprint density at radius 1 is 1.44 bits per heavy atom. The SMILES string of the molecule is O=C(Nc1ccccc1Cl)[C@H]1CCCNC1. The van der Waals surface area contributed by atoms with E-state index in [0.29, 0.717) is 10.7 Å². The Kier molecular flexibility index (Phi) is 3.80. The molecule has 0 saturated carbocycles. The van der Waals surface area contributed by atoms with Gasteiger partial charge >= 0.3 is 0 Å². The van der Waals surface area contributed by atoms with E-state index in [4.69, 9.17) is 11.6 Å². The number of hydrogen-bond acceptors (Lipinski definition) is 2. The average molecular weight is 239 g/mol. The minimum Gasteiger partial charge on any atom is -0.324 e. The van der Waals surface area contributed by atoms with Gasteiger partial charge in [0.05, 0.1) is 16.6 Å². The van der Waals surface area contributed by atoms with Crippen LogP contribution in [0.15, 0.2) is 24.3 Å². The molecule has 1 aliphatic rings. The fraction of sp³-hybridized carbons (Fsp3) is 0.417. The first kappa shape index (κ1) is 11.4. The van der Waals surface area contributed by atoms with Gasteiger partial charge in [-0.15, -0.1) is 0 Å². The van der Waals surface area contributed by atoms with Crippen molar-refractivity contribution in [3.63, 3.8) is 0 Å². The molecule has 2 rings (SSSR count). The van der Waals surface area contributed by atoms with E-state index < -0.39 is 0 Å². The number of para-hydroxylation sites is 1. The van der Waals surface area contributed by atoms with Crippen molar-refractivity contribution >= 4 is 23.2 Å². The normalized spacial score (nSPS) is 20.4. The maximum Gasteiger partial charge on any atom is 0.228 e. The Balaban J connectivity index is 1.99. The molecule has 0 aromatic heterocycles. The van der Waals surface area contributed by atoms with Gasteiger partial charge in [-0.1, -0.05) is 23.7 Å². The highest BCUT2D eigenvalue weighted by Crippen LogP contribution is 2.22. The molecule has 86 valence electrons. The number of nitrogens with one attached hydrogen (secondary N) is 2. The third kappa shape index (κ3) is 2.74. The van der Waals surface area contributed by atoms with Gasteiger partial charge in [0, 0.05) is 6.54 Å². The summed E-state index contributed by atoms with van der Waals surface area (Å²) in [6.45, 7) is 1.77. The van der Waals surface area contributed by atoms with Crippen LogP contribution in [0.5, 0.6) is 0 Å². The first-order valence-corrected chi connectivity index (χ1v) is 5.91. The molecule has 1 aromatic rings. The van der Waals surface area contributed by atoms with Gasteiger partial charge in [0.25, 0.3) is 0 Å². The van der Waals surface area contributed by atoms with Gasteiger partial charge in [-0.2, -0.15) is 0 Å². The number of carbonyl (C=O) groups excluding carboxylic acids is 1. The Morgan fingerprint density at radius 2 is 2.25 bits per heavy atom. The zero-order valence-corrected chi connectivity index (χ0v) is 9.76. The lowest BCUT2D eigenvalue weighted by Crippen LogP contribution is -2.37. The summed E-state index contributed by atoms with van der Waals surface area (Å²) in [6, 6.07) is 7.30. The first-order chi connectivity index (χ1) is 7.77. The molecule has 0 aliphatic carbocycles. The van der Waals surface area contributed by atoms with Crippen molar-refractivity contribution in [3.05, 3.63) is 29.3 Å². The zero-order valence-electron chi connectivity index (χ0n) is 9.00. The second-order valence-electron chi connectivity index (χ2n) is 4.01. The maximum atomic E-state index is 11.9. The molecule has 1 aromatic carbocycles. The average Bonchev–Trinajstić information content (AvgIpc) is 2.33. The third-order valence-electron chi connectivity index (χ3n) is 2.80. The highest BCUT2D eigenvalue weighted by molar-refractivity contribution is 6.33. The summed E-state index contributed by atoms with van der Waals surface area (Å²) >= 11 is 5.98. The Labute approximate surface area is 100 Å². The molecule has 0 bridgehead atoms. The minimum absolute atomic E-state index is 0.0558.